The summed E-state index contributed by atoms with van der Waals surface area (Å²) in [5.74, 6) is 3.26. The molecular weight excluding hydrogens is 697 g/mol. The fourth-order valence-electron chi connectivity index (χ4n) is 4.06. The minimum absolute atomic E-state index is 0.681. The van der Waals surface area contributed by atoms with Crippen molar-refractivity contribution >= 4 is 43.5 Å². The molecule has 2 heterocycles. The Labute approximate surface area is 291 Å². The third-order valence-electron chi connectivity index (χ3n) is 6.54. The van der Waals surface area contributed by atoms with Crippen LogP contribution in [0.25, 0.3) is 0 Å². The minimum atomic E-state index is -3.72. The number of nitrogens with zero attached hydrogens (tertiary/aromatic N) is 8. The number of benzene rings is 2. The largest absolute Gasteiger partial charge is 0.707 e. The fourth-order valence-corrected chi connectivity index (χ4v) is 4.06. The van der Waals surface area contributed by atoms with Crippen LogP contribution in [-0.4, -0.2) is 52.7 Å². The van der Waals surface area contributed by atoms with E-state index in [4.69, 9.17) is 20.0 Å². The molecule has 0 saturated carbocycles. The Hall–Kier alpha value is -4.60. The van der Waals surface area contributed by atoms with Crippen LogP contribution in [0.4, 0.5) is 23.3 Å². The van der Waals surface area contributed by atoms with Crippen molar-refractivity contribution in [1.82, 2.24) is 9.13 Å². The molecule has 0 aliphatic carbocycles. The summed E-state index contributed by atoms with van der Waals surface area (Å²) in [6.07, 6.45) is 13.9. The van der Waals surface area contributed by atoms with Crippen molar-refractivity contribution in [2.24, 2.45) is 34.6 Å². The van der Waals surface area contributed by atoms with Gasteiger partial charge in [-0.25, -0.2) is 35.1 Å². The Morgan fingerprint density at radius 2 is 0.920 bits per heavy atom. The smallest absolute Gasteiger partial charge is 0.421 e. The van der Waals surface area contributed by atoms with Gasteiger partial charge >= 0.3 is 11.9 Å². The van der Waals surface area contributed by atoms with E-state index in [0.717, 1.165) is 73.5 Å². The van der Waals surface area contributed by atoms with Gasteiger partial charge in [-0.1, -0.05) is 23.1 Å². The van der Waals surface area contributed by atoms with Gasteiger partial charge in [0.15, 0.2) is 0 Å². The molecule has 4 aromatic rings. The summed E-state index contributed by atoms with van der Waals surface area (Å²) >= 11 is 0. The molecule has 18 nitrogen and oxygen atoms in total. The highest BCUT2D eigenvalue weighted by atomic mass is 32.2. The third-order valence-corrected chi connectivity index (χ3v) is 7.03. The predicted octanol–water partition coefficient (Wildman–Crippen LogP) is 2.52. The lowest BCUT2D eigenvalue weighted by atomic mass is 10.2. The summed E-state index contributed by atoms with van der Waals surface area (Å²) in [6.45, 7) is 1.80. The van der Waals surface area contributed by atoms with Gasteiger partial charge in [0.05, 0.1) is 78.7 Å². The van der Waals surface area contributed by atoms with Crippen LogP contribution in [0, 0.1) is 0 Å². The lowest BCUT2D eigenvalue weighted by molar-refractivity contribution is -0.657. The molecule has 2 aromatic heterocycles. The average molecular weight is 739 g/mol. The Bertz CT molecular complexity index is 1740. The van der Waals surface area contributed by atoms with Crippen LogP contribution in [0.15, 0.2) is 93.8 Å². The molecule has 0 aliphatic rings. The van der Waals surface area contributed by atoms with Gasteiger partial charge in [-0.2, -0.15) is 0 Å². The number of imidazole rings is 2. The van der Waals surface area contributed by atoms with E-state index in [-0.39, 0.29) is 0 Å². The Morgan fingerprint density at radius 3 is 1.20 bits per heavy atom. The molecule has 0 saturated heterocycles. The SMILES string of the molecule is COc1ccc(N=Nc2n(CCCCCCn3cc[n+](C)c3N=Nc3ccc(OC)cc3)cc[n+]2C)cc1.CS(=O)(=O)O[O-].CS(=O)(=O)O[O-]. The highest BCUT2D eigenvalue weighted by Gasteiger charge is 2.16. The number of ether oxygens (including phenoxy) is 2. The first-order valence-electron chi connectivity index (χ1n) is 14.9. The summed E-state index contributed by atoms with van der Waals surface area (Å²) in [4.78, 5) is 0. The third kappa shape index (κ3) is 15.7. The van der Waals surface area contributed by atoms with E-state index in [9.17, 15) is 16.8 Å². The van der Waals surface area contributed by atoms with Crippen molar-refractivity contribution in [3.63, 3.8) is 0 Å². The van der Waals surface area contributed by atoms with Gasteiger partial charge < -0.3 is 28.7 Å². The predicted molar refractivity (Wildman–Crippen MR) is 176 cm³/mol. The van der Waals surface area contributed by atoms with Gasteiger partial charge in [0.2, 0.25) is 0 Å². The number of azo groups is 2. The monoisotopic (exact) mass is 738 g/mol. The first-order valence-corrected chi connectivity index (χ1v) is 18.6. The highest BCUT2D eigenvalue weighted by Crippen LogP contribution is 2.21. The van der Waals surface area contributed by atoms with Crippen molar-refractivity contribution in [3.05, 3.63) is 73.3 Å². The van der Waals surface area contributed by atoms with Gasteiger partial charge in [-0.15, -0.1) is 0 Å². The van der Waals surface area contributed by atoms with Crippen molar-refractivity contribution in [2.45, 2.75) is 38.8 Å². The second kappa shape index (κ2) is 20.8. The molecule has 0 bridgehead atoms. The number of rotatable bonds is 15. The molecule has 0 N–H and O–H groups in total. The van der Waals surface area contributed by atoms with Gasteiger partial charge in [0.25, 0.3) is 20.2 Å². The fraction of sp³-hybridized carbons (Fsp3) is 0.400. The molecule has 0 aliphatic heterocycles. The van der Waals surface area contributed by atoms with E-state index >= 15 is 0 Å². The maximum Gasteiger partial charge on any atom is 0.421 e. The molecule has 4 rings (SSSR count). The number of aromatic nitrogens is 4. The van der Waals surface area contributed by atoms with Gasteiger partial charge in [-0.05, 0) is 61.4 Å². The first kappa shape index (κ1) is 41.6. The van der Waals surface area contributed by atoms with E-state index < -0.39 is 20.2 Å². The van der Waals surface area contributed by atoms with Gasteiger partial charge in [0, 0.05) is 10.2 Å². The van der Waals surface area contributed by atoms with E-state index in [1.807, 2.05) is 84.2 Å². The minimum Gasteiger partial charge on any atom is -0.707 e. The first-order chi connectivity index (χ1) is 23.7. The van der Waals surface area contributed by atoms with Crippen LogP contribution in [0.5, 0.6) is 11.5 Å². The molecule has 50 heavy (non-hydrogen) atoms. The number of methoxy groups -OCH3 is 2. The molecular formula is C30H42N8O10S2. The van der Waals surface area contributed by atoms with Crippen LogP contribution in [0.1, 0.15) is 25.7 Å². The van der Waals surface area contributed by atoms with Gasteiger partial charge in [0.1, 0.15) is 22.9 Å². The summed E-state index contributed by atoms with van der Waals surface area (Å²) in [5.41, 5.74) is 1.58. The van der Waals surface area contributed by atoms with Crippen LogP contribution in [0.3, 0.4) is 0 Å². The maximum atomic E-state index is 9.47. The lowest BCUT2D eigenvalue weighted by Gasteiger charge is -2.02. The number of hydrogen-bond donors (Lipinski definition) is 0. The Morgan fingerprint density at radius 1 is 0.600 bits per heavy atom. The van der Waals surface area contributed by atoms with Crippen molar-refractivity contribution in [2.75, 3.05) is 26.7 Å². The molecule has 20 heteroatoms. The van der Waals surface area contributed by atoms with E-state index in [1.54, 1.807) is 14.2 Å². The van der Waals surface area contributed by atoms with Crippen molar-refractivity contribution in [3.8, 4) is 11.5 Å². The normalized spacial score (nSPS) is 11.6. The maximum absolute atomic E-state index is 9.47. The van der Waals surface area contributed by atoms with Crippen LogP contribution >= 0.6 is 0 Å². The van der Waals surface area contributed by atoms with Crippen LogP contribution < -0.4 is 29.1 Å². The zero-order valence-corrected chi connectivity index (χ0v) is 30.3. The van der Waals surface area contributed by atoms with Crippen LogP contribution in [0.2, 0.25) is 0 Å². The molecule has 0 unspecified atom stereocenters. The lowest BCUT2D eigenvalue weighted by Crippen LogP contribution is -2.25. The molecule has 0 fully saturated rings. The summed E-state index contributed by atoms with van der Waals surface area (Å²) in [5, 5.41) is 35.5. The molecule has 0 amide bonds. The molecule has 0 radical (unpaired) electrons. The van der Waals surface area contributed by atoms with Crippen molar-refractivity contribution in [1.29, 1.82) is 0 Å². The topological polar surface area (TPSA) is 218 Å². The van der Waals surface area contributed by atoms with E-state index in [0.29, 0.717) is 12.5 Å². The number of hydrogen-bond acceptors (Lipinski definition) is 14. The Balaban J connectivity index is 0.000000619. The van der Waals surface area contributed by atoms with Crippen LogP contribution in [-0.2, 0) is 56.1 Å². The zero-order valence-electron chi connectivity index (χ0n) is 28.6. The molecule has 2 aromatic carbocycles. The summed E-state index contributed by atoms with van der Waals surface area (Å²) in [7, 11) is -0.161. The average Bonchev–Trinajstić information content (AvgIpc) is 3.64. The highest BCUT2D eigenvalue weighted by molar-refractivity contribution is 7.86. The molecule has 274 valence electrons. The van der Waals surface area contributed by atoms with Gasteiger partial charge in [-0.3, -0.25) is 0 Å². The number of unbranched alkanes of at least 4 members (excludes halogenated alkanes) is 3. The summed E-state index contributed by atoms with van der Waals surface area (Å²) in [6, 6.07) is 15.1. The molecule has 0 spiro atoms. The summed E-state index contributed by atoms with van der Waals surface area (Å²) < 4.78 is 61.9. The van der Waals surface area contributed by atoms with E-state index in [2.05, 4.69) is 50.7 Å². The quantitative estimate of drug-likeness (QED) is 0.0570. The van der Waals surface area contributed by atoms with Crippen molar-refractivity contribution < 1.29 is 54.6 Å². The standard InChI is InChI=1S/C28H36N8O2.2CH4O4S/c1-33-19-21-35(27(33)31-29-23-9-13-25(37-3)14-10-23)17-7-5-6-8-18-36-22-20-34(2)28(36)32-30-24-11-15-26(38-4)16-12-24;2*1-6(3,4)5-2/h9-16,19-22H,5-8,17-18H2,1-4H3;2*2H,1H3/q+2;;/p-2. The zero-order chi connectivity index (χ0) is 37.2. The van der Waals surface area contributed by atoms with E-state index in [1.165, 1.54) is 0 Å². The second-order valence-electron chi connectivity index (χ2n) is 10.6. The Kier molecular flexibility index (Phi) is 17.3. The number of aryl methyl sites for hydroxylation is 4. The molecule has 0 atom stereocenters. The second-order valence-corrected chi connectivity index (χ2v) is 13.6.